The molecule has 0 aliphatic carbocycles. The maximum atomic E-state index is 11.6. The number of nitrogens with zero attached hydrogens (tertiary/aromatic N) is 1. The molecule has 0 aromatic heterocycles. The SMILES string of the molecule is CCNC(=NCc1ccccc1NS(C)(=O)=O)NC(C)CCc1ccccc1. The van der Waals surface area contributed by atoms with Crippen molar-refractivity contribution in [3.63, 3.8) is 0 Å². The molecule has 3 N–H and O–H groups in total. The molecule has 152 valence electrons. The number of nitrogens with one attached hydrogen (secondary N) is 3. The molecule has 6 nitrogen and oxygen atoms in total. The zero-order chi connectivity index (χ0) is 20.4. The maximum Gasteiger partial charge on any atom is 0.229 e. The van der Waals surface area contributed by atoms with Crippen LogP contribution in [0.25, 0.3) is 0 Å². The van der Waals surface area contributed by atoms with Crippen LogP contribution < -0.4 is 15.4 Å². The van der Waals surface area contributed by atoms with E-state index in [1.165, 1.54) is 5.56 Å². The zero-order valence-corrected chi connectivity index (χ0v) is 17.6. The highest BCUT2D eigenvalue weighted by Crippen LogP contribution is 2.17. The summed E-state index contributed by atoms with van der Waals surface area (Å²) in [5, 5.41) is 6.68. The van der Waals surface area contributed by atoms with Crippen molar-refractivity contribution in [2.24, 2.45) is 4.99 Å². The molecule has 0 fully saturated rings. The van der Waals surface area contributed by atoms with Gasteiger partial charge in [-0.25, -0.2) is 13.4 Å². The van der Waals surface area contributed by atoms with Gasteiger partial charge in [-0.2, -0.15) is 0 Å². The van der Waals surface area contributed by atoms with E-state index in [9.17, 15) is 8.42 Å². The summed E-state index contributed by atoms with van der Waals surface area (Å²) in [6.45, 7) is 5.28. The molecule has 0 bridgehead atoms. The molecule has 0 heterocycles. The lowest BCUT2D eigenvalue weighted by atomic mass is 10.1. The summed E-state index contributed by atoms with van der Waals surface area (Å²) in [7, 11) is -3.33. The molecular weight excluding hydrogens is 372 g/mol. The number of rotatable bonds is 9. The molecular formula is C21H30N4O2S. The molecule has 0 aliphatic rings. The Morgan fingerprint density at radius 2 is 1.75 bits per heavy atom. The van der Waals surface area contributed by atoms with Crippen molar-refractivity contribution >= 4 is 21.7 Å². The van der Waals surface area contributed by atoms with Crippen LogP contribution in [0.2, 0.25) is 0 Å². The first-order valence-electron chi connectivity index (χ1n) is 9.52. The number of anilines is 1. The molecule has 0 amide bonds. The lowest BCUT2D eigenvalue weighted by Gasteiger charge is -2.18. The summed E-state index contributed by atoms with van der Waals surface area (Å²) in [6.07, 6.45) is 3.13. The average Bonchev–Trinajstić information content (AvgIpc) is 2.65. The third-order valence-corrected chi connectivity index (χ3v) is 4.75. The van der Waals surface area contributed by atoms with Crippen LogP contribution in [0.1, 0.15) is 31.4 Å². The Morgan fingerprint density at radius 3 is 2.43 bits per heavy atom. The van der Waals surface area contributed by atoms with Gasteiger partial charge in [-0.3, -0.25) is 4.72 Å². The van der Waals surface area contributed by atoms with Gasteiger partial charge in [-0.1, -0.05) is 48.5 Å². The van der Waals surface area contributed by atoms with Gasteiger partial charge in [-0.15, -0.1) is 0 Å². The lowest BCUT2D eigenvalue weighted by molar-refractivity contribution is 0.593. The summed E-state index contributed by atoms with van der Waals surface area (Å²) in [5.41, 5.74) is 2.70. The highest BCUT2D eigenvalue weighted by Gasteiger charge is 2.09. The van der Waals surface area contributed by atoms with Crippen LogP contribution in [0.3, 0.4) is 0 Å². The van der Waals surface area contributed by atoms with Crippen molar-refractivity contribution in [2.45, 2.75) is 39.3 Å². The third kappa shape index (κ3) is 8.00. The second-order valence-corrected chi connectivity index (χ2v) is 8.54. The van der Waals surface area contributed by atoms with Crippen LogP contribution in [0.5, 0.6) is 0 Å². The van der Waals surface area contributed by atoms with Crippen LogP contribution in [0.4, 0.5) is 5.69 Å². The molecule has 2 aromatic carbocycles. The van der Waals surface area contributed by atoms with E-state index in [2.05, 4.69) is 51.5 Å². The van der Waals surface area contributed by atoms with E-state index < -0.39 is 10.0 Å². The molecule has 7 heteroatoms. The van der Waals surface area contributed by atoms with Gasteiger partial charge in [0.15, 0.2) is 5.96 Å². The normalized spacial score (nSPS) is 13.0. The minimum Gasteiger partial charge on any atom is -0.357 e. The number of hydrogen-bond donors (Lipinski definition) is 3. The smallest absolute Gasteiger partial charge is 0.229 e. The van der Waals surface area contributed by atoms with E-state index in [4.69, 9.17) is 0 Å². The second kappa shape index (κ2) is 10.7. The lowest BCUT2D eigenvalue weighted by Crippen LogP contribution is -2.42. The van der Waals surface area contributed by atoms with Crippen molar-refractivity contribution in [1.29, 1.82) is 0 Å². The zero-order valence-electron chi connectivity index (χ0n) is 16.8. The fourth-order valence-electron chi connectivity index (χ4n) is 2.78. The standard InChI is InChI=1S/C21H30N4O2S/c1-4-22-21(24-17(2)14-15-18-10-6-5-7-11-18)23-16-19-12-8-9-13-20(19)25-28(3,26)27/h5-13,17,25H,4,14-16H2,1-3H3,(H2,22,23,24). The molecule has 0 saturated heterocycles. The highest BCUT2D eigenvalue weighted by atomic mass is 32.2. The number of guanidine groups is 1. The van der Waals surface area contributed by atoms with Crippen LogP contribution in [-0.2, 0) is 23.0 Å². The first-order chi connectivity index (χ1) is 13.4. The number of aryl methyl sites for hydroxylation is 1. The fourth-order valence-corrected chi connectivity index (χ4v) is 3.37. The maximum absolute atomic E-state index is 11.6. The van der Waals surface area contributed by atoms with Gasteiger partial charge < -0.3 is 10.6 Å². The van der Waals surface area contributed by atoms with Crippen LogP contribution in [0, 0.1) is 0 Å². The number of para-hydroxylation sites is 1. The van der Waals surface area contributed by atoms with Gasteiger partial charge in [-0.05, 0) is 43.9 Å². The van der Waals surface area contributed by atoms with E-state index in [0.717, 1.165) is 37.2 Å². The number of aliphatic imine (C=N–C) groups is 1. The Kier molecular flexibility index (Phi) is 8.32. The average molecular weight is 403 g/mol. The van der Waals surface area contributed by atoms with Crippen molar-refractivity contribution < 1.29 is 8.42 Å². The number of hydrogen-bond acceptors (Lipinski definition) is 3. The third-order valence-electron chi connectivity index (χ3n) is 4.16. The minimum atomic E-state index is -3.33. The van der Waals surface area contributed by atoms with Crippen molar-refractivity contribution in [1.82, 2.24) is 10.6 Å². The van der Waals surface area contributed by atoms with E-state index in [0.29, 0.717) is 12.2 Å². The Balaban J connectivity index is 2.00. The van der Waals surface area contributed by atoms with Crippen LogP contribution in [0.15, 0.2) is 59.6 Å². The van der Waals surface area contributed by atoms with Gasteiger partial charge in [0.1, 0.15) is 0 Å². The Morgan fingerprint density at radius 1 is 1.07 bits per heavy atom. The van der Waals surface area contributed by atoms with Gasteiger partial charge in [0, 0.05) is 12.6 Å². The molecule has 0 radical (unpaired) electrons. The minimum absolute atomic E-state index is 0.252. The first kappa shape index (κ1) is 21.8. The van der Waals surface area contributed by atoms with E-state index >= 15 is 0 Å². The Labute approximate surface area is 168 Å². The molecule has 2 rings (SSSR count). The second-order valence-electron chi connectivity index (χ2n) is 6.80. The van der Waals surface area contributed by atoms with E-state index in [1.807, 2.05) is 25.1 Å². The predicted octanol–water partition coefficient (Wildman–Crippen LogP) is 3.13. The summed E-state index contributed by atoms with van der Waals surface area (Å²) in [5.74, 6) is 0.720. The first-order valence-corrected chi connectivity index (χ1v) is 11.4. The van der Waals surface area contributed by atoms with Crippen molar-refractivity contribution in [3.05, 3.63) is 65.7 Å². The van der Waals surface area contributed by atoms with Gasteiger partial charge in [0.2, 0.25) is 10.0 Å². The predicted molar refractivity (Wildman–Crippen MR) is 117 cm³/mol. The van der Waals surface area contributed by atoms with Crippen molar-refractivity contribution in [3.8, 4) is 0 Å². The molecule has 0 aliphatic heterocycles. The van der Waals surface area contributed by atoms with Crippen LogP contribution in [-0.4, -0.2) is 33.2 Å². The van der Waals surface area contributed by atoms with Crippen molar-refractivity contribution in [2.75, 3.05) is 17.5 Å². The summed E-state index contributed by atoms with van der Waals surface area (Å²) >= 11 is 0. The molecule has 28 heavy (non-hydrogen) atoms. The summed E-state index contributed by atoms with van der Waals surface area (Å²) < 4.78 is 25.7. The highest BCUT2D eigenvalue weighted by molar-refractivity contribution is 7.92. The molecule has 1 atom stereocenters. The molecule has 1 unspecified atom stereocenters. The summed E-state index contributed by atoms with van der Waals surface area (Å²) in [4.78, 5) is 4.63. The molecule has 2 aromatic rings. The topological polar surface area (TPSA) is 82.6 Å². The van der Waals surface area contributed by atoms with Crippen LogP contribution >= 0.6 is 0 Å². The monoisotopic (exact) mass is 402 g/mol. The van der Waals surface area contributed by atoms with Gasteiger partial charge in [0.05, 0.1) is 18.5 Å². The summed E-state index contributed by atoms with van der Waals surface area (Å²) in [6, 6.07) is 18.0. The van der Waals surface area contributed by atoms with Gasteiger partial charge in [0.25, 0.3) is 0 Å². The molecule has 0 spiro atoms. The van der Waals surface area contributed by atoms with E-state index in [1.54, 1.807) is 12.1 Å². The fraction of sp³-hybridized carbons (Fsp3) is 0.381. The number of sulfonamides is 1. The largest absolute Gasteiger partial charge is 0.357 e. The Hall–Kier alpha value is -2.54. The Bertz CT molecular complexity index is 867. The quantitative estimate of drug-likeness (QED) is 0.445. The van der Waals surface area contributed by atoms with Gasteiger partial charge >= 0.3 is 0 Å². The van der Waals surface area contributed by atoms with E-state index in [-0.39, 0.29) is 6.04 Å². The number of benzene rings is 2. The molecule has 0 saturated carbocycles.